The molecule has 0 spiro atoms. The number of nitrogens with one attached hydrogen (secondary N) is 1. The van der Waals surface area contributed by atoms with E-state index in [-0.39, 0.29) is 23.9 Å². The van der Waals surface area contributed by atoms with E-state index in [0.29, 0.717) is 0 Å². The Kier molecular flexibility index (Phi) is 6.50. The number of aromatic nitrogens is 1. The van der Waals surface area contributed by atoms with Gasteiger partial charge in [0.05, 0.1) is 11.7 Å². The maximum atomic E-state index is 12.0. The van der Waals surface area contributed by atoms with Crippen LogP contribution in [-0.4, -0.2) is 16.9 Å². The maximum absolute atomic E-state index is 12.0. The highest BCUT2D eigenvalue weighted by Gasteiger charge is 2.16. The zero-order chi connectivity index (χ0) is 14.3. The molecule has 0 aliphatic rings. The highest BCUT2D eigenvalue weighted by Crippen LogP contribution is 2.13. The number of carbonyl (C=O) groups is 1. The predicted molar refractivity (Wildman–Crippen MR) is 77.5 cm³/mol. The van der Waals surface area contributed by atoms with Crippen LogP contribution in [0.3, 0.4) is 0 Å². The molecule has 106 valence electrons. The van der Waals surface area contributed by atoms with Crippen molar-refractivity contribution in [2.45, 2.75) is 52.1 Å². The summed E-state index contributed by atoms with van der Waals surface area (Å²) in [6, 6.07) is 5.88. The van der Waals surface area contributed by atoms with Gasteiger partial charge in [0, 0.05) is 18.2 Å². The van der Waals surface area contributed by atoms with Crippen molar-refractivity contribution in [1.82, 2.24) is 10.3 Å². The van der Waals surface area contributed by atoms with Gasteiger partial charge in [0.2, 0.25) is 5.91 Å². The molecule has 0 aliphatic carbocycles. The van der Waals surface area contributed by atoms with Gasteiger partial charge in [0.25, 0.3) is 0 Å². The van der Waals surface area contributed by atoms with E-state index in [2.05, 4.69) is 10.3 Å². The van der Waals surface area contributed by atoms with Crippen LogP contribution >= 0.6 is 0 Å². The first-order chi connectivity index (χ1) is 9.00. The van der Waals surface area contributed by atoms with Crippen LogP contribution in [0.1, 0.15) is 51.8 Å². The Morgan fingerprint density at radius 1 is 1.32 bits per heavy atom. The topological polar surface area (TPSA) is 68.0 Å². The molecule has 3 atom stereocenters. The summed E-state index contributed by atoms with van der Waals surface area (Å²) >= 11 is 0. The van der Waals surface area contributed by atoms with Crippen LogP contribution in [0.5, 0.6) is 0 Å². The summed E-state index contributed by atoms with van der Waals surface area (Å²) in [4.78, 5) is 16.3. The number of rotatable bonds is 7. The highest BCUT2D eigenvalue weighted by atomic mass is 16.1. The average Bonchev–Trinajstić information content (AvgIpc) is 2.39. The van der Waals surface area contributed by atoms with Gasteiger partial charge in [0.15, 0.2) is 0 Å². The minimum Gasteiger partial charge on any atom is -0.348 e. The fourth-order valence-electron chi connectivity index (χ4n) is 1.94. The van der Waals surface area contributed by atoms with E-state index in [1.807, 2.05) is 39.0 Å². The summed E-state index contributed by atoms with van der Waals surface area (Å²) in [6.45, 7) is 5.91. The Morgan fingerprint density at radius 3 is 2.63 bits per heavy atom. The van der Waals surface area contributed by atoms with Gasteiger partial charge in [0.1, 0.15) is 0 Å². The SMILES string of the molecule is CC(N)CCCC(C)C(=O)N[C@@H](C)c1ccccn1. The van der Waals surface area contributed by atoms with Crippen LogP contribution in [0, 0.1) is 5.92 Å². The summed E-state index contributed by atoms with van der Waals surface area (Å²) in [7, 11) is 0. The normalized spacial score (nSPS) is 15.6. The smallest absolute Gasteiger partial charge is 0.223 e. The predicted octanol–water partition coefficient (Wildman–Crippen LogP) is 2.41. The van der Waals surface area contributed by atoms with Gasteiger partial charge in [-0.05, 0) is 38.8 Å². The molecular formula is C15H25N3O. The fraction of sp³-hybridized carbons (Fsp3) is 0.600. The van der Waals surface area contributed by atoms with Gasteiger partial charge in [-0.1, -0.05) is 19.4 Å². The van der Waals surface area contributed by atoms with Crippen molar-refractivity contribution in [3.8, 4) is 0 Å². The van der Waals surface area contributed by atoms with Crippen LogP contribution in [0.2, 0.25) is 0 Å². The molecule has 4 nitrogen and oxygen atoms in total. The molecule has 1 aromatic rings. The van der Waals surface area contributed by atoms with E-state index in [0.717, 1.165) is 25.0 Å². The Labute approximate surface area is 115 Å². The molecule has 0 aliphatic heterocycles. The molecule has 0 saturated heterocycles. The summed E-state index contributed by atoms with van der Waals surface area (Å²) in [5.41, 5.74) is 6.59. The van der Waals surface area contributed by atoms with Gasteiger partial charge >= 0.3 is 0 Å². The van der Waals surface area contributed by atoms with Gasteiger partial charge in [-0.15, -0.1) is 0 Å². The molecule has 19 heavy (non-hydrogen) atoms. The van der Waals surface area contributed by atoms with Crippen LogP contribution in [0.25, 0.3) is 0 Å². The Balaban J connectivity index is 2.37. The highest BCUT2D eigenvalue weighted by molar-refractivity contribution is 5.78. The summed E-state index contributed by atoms with van der Waals surface area (Å²) < 4.78 is 0. The second-order valence-electron chi connectivity index (χ2n) is 5.29. The molecule has 0 bridgehead atoms. The van der Waals surface area contributed by atoms with Crippen LogP contribution in [0.15, 0.2) is 24.4 Å². The van der Waals surface area contributed by atoms with Crippen molar-refractivity contribution < 1.29 is 4.79 Å². The molecule has 1 aromatic heterocycles. The van der Waals surface area contributed by atoms with Crippen LogP contribution in [-0.2, 0) is 4.79 Å². The minimum absolute atomic E-state index is 0.0184. The second-order valence-corrected chi connectivity index (χ2v) is 5.29. The zero-order valence-electron chi connectivity index (χ0n) is 12.1. The molecule has 0 aromatic carbocycles. The molecule has 1 amide bonds. The molecule has 2 unspecified atom stereocenters. The Bertz CT molecular complexity index is 378. The first kappa shape index (κ1) is 15.6. The third kappa shape index (κ3) is 5.83. The van der Waals surface area contributed by atoms with Crippen molar-refractivity contribution in [2.24, 2.45) is 11.7 Å². The molecule has 1 rings (SSSR count). The average molecular weight is 263 g/mol. The molecule has 3 N–H and O–H groups in total. The van der Waals surface area contributed by atoms with Crippen molar-refractivity contribution >= 4 is 5.91 Å². The van der Waals surface area contributed by atoms with E-state index in [4.69, 9.17) is 5.73 Å². The van der Waals surface area contributed by atoms with E-state index in [1.54, 1.807) is 6.20 Å². The first-order valence-electron chi connectivity index (χ1n) is 6.97. The monoisotopic (exact) mass is 263 g/mol. The number of nitrogens with zero attached hydrogens (tertiary/aromatic N) is 1. The van der Waals surface area contributed by atoms with Crippen molar-refractivity contribution in [2.75, 3.05) is 0 Å². The number of nitrogens with two attached hydrogens (primary N) is 1. The summed E-state index contributed by atoms with van der Waals surface area (Å²) in [5.74, 6) is 0.104. The van der Waals surface area contributed by atoms with Crippen LogP contribution in [0.4, 0.5) is 0 Å². The third-order valence-electron chi connectivity index (χ3n) is 3.23. The number of hydrogen-bond acceptors (Lipinski definition) is 3. The molecule has 4 heteroatoms. The van der Waals surface area contributed by atoms with Gasteiger partial charge in [-0.2, -0.15) is 0 Å². The van der Waals surface area contributed by atoms with E-state index >= 15 is 0 Å². The largest absolute Gasteiger partial charge is 0.348 e. The minimum atomic E-state index is -0.0513. The number of amides is 1. The molecular weight excluding hydrogens is 238 g/mol. The summed E-state index contributed by atoms with van der Waals surface area (Å²) in [6.07, 6.45) is 4.57. The summed E-state index contributed by atoms with van der Waals surface area (Å²) in [5, 5.41) is 3.00. The zero-order valence-corrected chi connectivity index (χ0v) is 12.1. The van der Waals surface area contributed by atoms with Gasteiger partial charge in [-0.3, -0.25) is 9.78 Å². The van der Waals surface area contributed by atoms with Crippen molar-refractivity contribution in [3.05, 3.63) is 30.1 Å². The Morgan fingerprint density at radius 2 is 2.05 bits per heavy atom. The van der Waals surface area contributed by atoms with Crippen LogP contribution < -0.4 is 11.1 Å². The first-order valence-corrected chi connectivity index (χ1v) is 6.97. The van der Waals surface area contributed by atoms with E-state index in [9.17, 15) is 4.79 Å². The van der Waals surface area contributed by atoms with Crippen molar-refractivity contribution in [3.63, 3.8) is 0 Å². The van der Waals surface area contributed by atoms with Gasteiger partial charge in [-0.25, -0.2) is 0 Å². The molecule has 0 radical (unpaired) electrons. The van der Waals surface area contributed by atoms with E-state index in [1.165, 1.54) is 0 Å². The molecule has 0 saturated carbocycles. The van der Waals surface area contributed by atoms with E-state index < -0.39 is 0 Å². The molecule has 0 fully saturated rings. The Hall–Kier alpha value is -1.42. The number of carbonyl (C=O) groups excluding carboxylic acids is 1. The number of pyridine rings is 1. The third-order valence-corrected chi connectivity index (χ3v) is 3.23. The maximum Gasteiger partial charge on any atom is 0.223 e. The quantitative estimate of drug-likeness (QED) is 0.793. The van der Waals surface area contributed by atoms with Gasteiger partial charge < -0.3 is 11.1 Å². The lowest BCUT2D eigenvalue weighted by atomic mass is 10.0. The lowest BCUT2D eigenvalue weighted by molar-refractivity contribution is -0.125. The standard InChI is InChI=1S/C15H25N3O/c1-11(7-6-8-12(2)16)15(19)18-13(3)14-9-4-5-10-17-14/h4-5,9-13H,6-8,16H2,1-3H3,(H,18,19)/t11?,12?,13-/m0/s1. The fourth-order valence-corrected chi connectivity index (χ4v) is 1.94. The van der Waals surface area contributed by atoms with Crippen molar-refractivity contribution in [1.29, 1.82) is 0 Å². The lowest BCUT2D eigenvalue weighted by Gasteiger charge is -2.17. The number of hydrogen-bond donors (Lipinski definition) is 2. The molecule has 1 heterocycles. The second kappa shape index (κ2) is 7.89. The lowest BCUT2D eigenvalue weighted by Crippen LogP contribution is -2.32.